The van der Waals surface area contributed by atoms with Gasteiger partial charge in [0.05, 0.1) is 64.3 Å². The smallest absolute Gasteiger partial charge is 0.270 e. The summed E-state index contributed by atoms with van der Waals surface area (Å²) in [6.45, 7) is 2.31. The predicted octanol–water partition coefficient (Wildman–Crippen LogP) is 2.39. The quantitative estimate of drug-likeness (QED) is 0.233. The number of nitrogens with zero attached hydrogens (tertiary/aromatic N) is 7. The number of rotatable bonds is 9. The molecule has 1 saturated carbocycles. The zero-order valence-electron chi connectivity index (χ0n) is 23.2. The number of alkyl halides is 1. The maximum Gasteiger partial charge on any atom is 0.270 e. The molecule has 218 valence electrons. The average Bonchev–Trinajstić information content (AvgIpc) is 3.63. The molecule has 0 spiro atoms. The second-order valence-corrected chi connectivity index (χ2v) is 11.0. The van der Waals surface area contributed by atoms with Gasteiger partial charge in [-0.15, -0.1) is 5.10 Å². The summed E-state index contributed by atoms with van der Waals surface area (Å²) in [6.07, 6.45) is 5.78. The van der Waals surface area contributed by atoms with Crippen molar-refractivity contribution in [1.82, 2.24) is 34.9 Å². The molecule has 42 heavy (non-hydrogen) atoms. The standard InChI is InChI=1S/C28H31FN10O3/c1-28(2,42)25(29)14-33-27(41)20-13-32-22(24-8-7-19-9-16(11-30)12-34-39(19)24)10-21(20)35-17-3-5-18(6-4-17)38-15-23(26(31)40)36-37-38/h7-10,12-13,15,17-18,25,42H,3-6,14H2,1-2H3,(H2,31,40)(H,32,35)(H,33,41)/t17-,18-,25-/m1/s1. The van der Waals surface area contributed by atoms with Gasteiger partial charge in [-0.05, 0) is 63.8 Å². The topological polar surface area (TPSA) is 189 Å². The molecule has 2 amide bonds. The van der Waals surface area contributed by atoms with Crippen molar-refractivity contribution >= 4 is 23.0 Å². The minimum Gasteiger partial charge on any atom is -0.387 e. The molecule has 0 aliphatic heterocycles. The maximum absolute atomic E-state index is 14.4. The Balaban J connectivity index is 1.39. The molecule has 0 unspecified atom stereocenters. The Morgan fingerprint density at radius 1 is 1.24 bits per heavy atom. The van der Waals surface area contributed by atoms with Gasteiger partial charge in [0, 0.05) is 12.2 Å². The Morgan fingerprint density at radius 2 is 2.00 bits per heavy atom. The highest BCUT2D eigenvalue weighted by Gasteiger charge is 2.28. The molecule has 0 aromatic carbocycles. The highest BCUT2D eigenvalue weighted by atomic mass is 19.1. The Hall–Kier alpha value is -4.90. The Bertz CT molecular complexity index is 1660. The molecule has 13 nitrogen and oxygen atoms in total. The summed E-state index contributed by atoms with van der Waals surface area (Å²) in [6, 6.07) is 9.26. The number of nitrogens with two attached hydrogens (primary N) is 1. The molecule has 1 fully saturated rings. The first-order valence-corrected chi connectivity index (χ1v) is 13.5. The summed E-state index contributed by atoms with van der Waals surface area (Å²) in [5.41, 5.74) is 6.91. The summed E-state index contributed by atoms with van der Waals surface area (Å²) in [4.78, 5) is 29.1. The van der Waals surface area contributed by atoms with E-state index in [-0.39, 0.29) is 29.9 Å². The van der Waals surface area contributed by atoms with Crippen LogP contribution in [0.3, 0.4) is 0 Å². The van der Waals surface area contributed by atoms with E-state index in [2.05, 4.69) is 37.1 Å². The highest BCUT2D eigenvalue weighted by Crippen LogP contribution is 2.32. The number of halogens is 1. The molecule has 1 aliphatic carbocycles. The molecule has 1 aliphatic rings. The van der Waals surface area contributed by atoms with Crippen molar-refractivity contribution in [3.63, 3.8) is 0 Å². The molecule has 5 rings (SSSR count). The van der Waals surface area contributed by atoms with Gasteiger partial charge in [-0.2, -0.15) is 10.4 Å². The summed E-state index contributed by atoms with van der Waals surface area (Å²) < 4.78 is 17.7. The van der Waals surface area contributed by atoms with Gasteiger partial charge >= 0.3 is 0 Å². The van der Waals surface area contributed by atoms with E-state index in [1.807, 2.05) is 12.1 Å². The van der Waals surface area contributed by atoms with Crippen molar-refractivity contribution in [3.05, 3.63) is 59.7 Å². The van der Waals surface area contributed by atoms with Crippen molar-refractivity contribution < 1.29 is 19.1 Å². The summed E-state index contributed by atoms with van der Waals surface area (Å²) in [5, 5.41) is 37.4. The number of nitrogens with one attached hydrogen (secondary N) is 2. The van der Waals surface area contributed by atoms with E-state index < -0.39 is 23.6 Å². The first-order valence-electron chi connectivity index (χ1n) is 13.5. The molecule has 4 aromatic heterocycles. The third-order valence-electron chi connectivity index (χ3n) is 7.44. The molecule has 0 bridgehead atoms. The third-order valence-corrected chi connectivity index (χ3v) is 7.44. The lowest BCUT2D eigenvalue weighted by Gasteiger charge is -2.30. The number of hydrogen-bond acceptors (Lipinski definition) is 9. The van der Waals surface area contributed by atoms with Crippen LogP contribution in [0.4, 0.5) is 10.1 Å². The van der Waals surface area contributed by atoms with Crippen molar-refractivity contribution in [1.29, 1.82) is 5.26 Å². The number of aromatic nitrogens is 6. The van der Waals surface area contributed by atoms with Crippen LogP contribution in [0.5, 0.6) is 0 Å². The van der Waals surface area contributed by atoms with Crippen molar-refractivity contribution in [2.24, 2.45) is 5.73 Å². The fourth-order valence-electron chi connectivity index (χ4n) is 4.95. The van der Waals surface area contributed by atoms with Crippen LogP contribution in [0.15, 0.2) is 42.9 Å². The maximum atomic E-state index is 14.4. The van der Waals surface area contributed by atoms with E-state index in [9.17, 15) is 24.3 Å². The third kappa shape index (κ3) is 6.06. The zero-order chi connectivity index (χ0) is 30.0. The molecule has 4 heterocycles. The zero-order valence-corrected chi connectivity index (χ0v) is 23.2. The monoisotopic (exact) mass is 574 g/mol. The Kier molecular flexibility index (Phi) is 7.86. The van der Waals surface area contributed by atoms with E-state index >= 15 is 0 Å². The number of carbonyl (C=O) groups is 2. The fourth-order valence-corrected chi connectivity index (χ4v) is 4.95. The molecule has 4 aromatic rings. The molecule has 14 heteroatoms. The number of primary amides is 1. The minimum absolute atomic E-state index is 0.00727. The number of pyridine rings is 1. The van der Waals surface area contributed by atoms with Crippen LogP contribution >= 0.6 is 0 Å². The fraction of sp³-hybridized carbons (Fsp3) is 0.393. The number of amides is 2. The van der Waals surface area contributed by atoms with Crippen molar-refractivity contribution in [2.45, 2.75) is 63.4 Å². The van der Waals surface area contributed by atoms with Crippen molar-refractivity contribution in [3.8, 4) is 17.5 Å². The lowest BCUT2D eigenvalue weighted by atomic mass is 9.91. The largest absolute Gasteiger partial charge is 0.387 e. The molecule has 0 saturated heterocycles. The van der Waals surface area contributed by atoms with E-state index in [1.165, 1.54) is 26.2 Å². The molecule has 0 radical (unpaired) electrons. The van der Waals surface area contributed by atoms with Crippen LogP contribution in [0, 0.1) is 11.3 Å². The summed E-state index contributed by atoms with van der Waals surface area (Å²) in [5.74, 6) is -1.16. The van der Waals surface area contributed by atoms with E-state index in [0.717, 1.165) is 25.7 Å². The van der Waals surface area contributed by atoms with Crippen LogP contribution in [0.2, 0.25) is 0 Å². The first-order chi connectivity index (χ1) is 20.0. The molecular weight excluding hydrogens is 543 g/mol. The van der Waals surface area contributed by atoms with Gasteiger partial charge in [-0.1, -0.05) is 5.21 Å². The second kappa shape index (κ2) is 11.5. The number of carbonyl (C=O) groups excluding carboxylic acids is 2. The van der Waals surface area contributed by atoms with Crippen LogP contribution in [-0.2, 0) is 0 Å². The molecular formula is C28H31FN10O3. The summed E-state index contributed by atoms with van der Waals surface area (Å²) >= 11 is 0. The van der Waals surface area contributed by atoms with Crippen LogP contribution in [0.25, 0.3) is 16.9 Å². The Morgan fingerprint density at radius 3 is 2.67 bits per heavy atom. The van der Waals surface area contributed by atoms with Gasteiger partial charge in [-0.25, -0.2) is 13.6 Å². The van der Waals surface area contributed by atoms with Crippen LogP contribution in [0.1, 0.15) is 72.0 Å². The lowest BCUT2D eigenvalue weighted by Crippen LogP contribution is -2.42. The van der Waals surface area contributed by atoms with Gasteiger partial charge in [0.2, 0.25) is 0 Å². The predicted molar refractivity (Wildman–Crippen MR) is 150 cm³/mol. The Labute approximate surface area is 240 Å². The van der Waals surface area contributed by atoms with E-state index in [0.29, 0.717) is 28.2 Å². The number of aliphatic hydroxyl groups is 1. The van der Waals surface area contributed by atoms with E-state index in [1.54, 1.807) is 27.5 Å². The molecule has 1 atom stereocenters. The van der Waals surface area contributed by atoms with Crippen LogP contribution < -0.4 is 16.4 Å². The minimum atomic E-state index is -1.66. The van der Waals surface area contributed by atoms with Crippen LogP contribution in [-0.4, -0.2) is 70.9 Å². The number of hydrogen-bond donors (Lipinski definition) is 4. The molecule has 5 N–H and O–H groups in total. The second-order valence-electron chi connectivity index (χ2n) is 11.0. The van der Waals surface area contributed by atoms with Gasteiger partial charge in [0.25, 0.3) is 11.8 Å². The highest BCUT2D eigenvalue weighted by molar-refractivity contribution is 6.00. The number of anilines is 1. The lowest BCUT2D eigenvalue weighted by molar-refractivity contribution is -0.00178. The van der Waals surface area contributed by atoms with Gasteiger partial charge in [0.1, 0.15) is 12.2 Å². The van der Waals surface area contributed by atoms with Gasteiger partial charge in [0.15, 0.2) is 5.69 Å². The average molecular weight is 575 g/mol. The van der Waals surface area contributed by atoms with Gasteiger partial charge in [-0.3, -0.25) is 14.6 Å². The number of nitriles is 1. The van der Waals surface area contributed by atoms with E-state index in [4.69, 9.17) is 5.73 Å². The first kappa shape index (κ1) is 28.6. The SMILES string of the molecule is CC(C)(O)[C@H](F)CNC(=O)c1cnc(-c2ccc3cc(C#N)cnn23)cc1N[C@H]1CC[C@H](n2cc(C(N)=O)nn2)CC1. The van der Waals surface area contributed by atoms with Gasteiger partial charge < -0.3 is 21.5 Å². The van der Waals surface area contributed by atoms with Crippen molar-refractivity contribution in [2.75, 3.05) is 11.9 Å². The number of fused-ring (bicyclic) bond motifs is 1. The normalized spacial score (nSPS) is 17.9. The summed E-state index contributed by atoms with van der Waals surface area (Å²) in [7, 11) is 0.